The molecule has 6 nitrogen and oxygen atoms in total. The SMILES string of the molecule is CCNC(=NCC(O)c1ccc(F)cc1)N1CCC(c2cnn(C)c2)C1.I. The Kier molecular flexibility index (Phi) is 8.03. The molecule has 148 valence electrons. The number of halogens is 2. The number of likely N-dealkylation sites (tertiary alicyclic amines) is 1. The Morgan fingerprint density at radius 2 is 2.15 bits per heavy atom. The molecule has 0 spiro atoms. The highest BCUT2D eigenvalue weighted by atomic mass is 127. The number of hydrogen-bond acceptors (Lipinski definition) is 3. The molecule has 0 bridgehead atoms. The van der Waals surface area contributed by atoms with Crippen LogP contribution in [0.1, 0.15) is 36.5 Å². The summed E-state index contributed by atoms with van der Waals surface area (Å²) in [4.78, 5) is 6.82. The maximum absolute atomic E-state index is 13.0. The third-order valence-electron chi connectivity index (χ3n) is 4.69. The highest BCUT2D eigenvalue weighted by Crippen LogP contribution is 2.26. The Hall–Kier alpha value is -1.68. The van der Waals surface area contributed by atoms with Crippen LogP contribution in [0, 0.1) is 5.82 Å². The third-order valence-corrected chi connectivity index (χ3v) is 4.69. The second-order valence-electron chi connectivity index (χ2n) is 6.64. The standard InChI is InChI=1S/C19H26FN5O.HI/c1-3-21-19(22-11-18(26)14-4-6-17(20)7-5-14)25-9-8-15(13-25)16-10-23-24(2)12-16;/h4-7,10,12,15,18,26H,3,8-9,11,13H2,1-2H3,(H,21,22);1H. The summed E-state index contributed by atoms with van der Waals surface area (Å²) in [7, 11) is 1.93. The Balaban J connectivity index is 0.00000261. The molecule has 0 amide bonds. The van der Waals surface area contributed by atoms with Crippen LogP contribution in [0.25, 0.3) is 0 Å². The average Bonchev–Trinajstić information content (AvgIpc) is 3.28. The number of nitrogens with zero attached hydrogens (tertiary/aromatic N) is 4. The van der Waals surface area contributed by atoms with Crippen molar-refractivity contribution in [3.8, 4) is 0 Å². The summed E-state index contributed by atoms with van der Waals surface area (Å²) in [5, 5.41) is 17.9. The number of nitrogens with one attached hydrogen (secondary N) is 1. The monoisotopic (exact) mass is 487 g/mol. The van der Waals surface area contributed by atoms with E-state index in [4.69, 9.17) is 0 Å². The van der Waals surface area contributed by atoms with Crippen molar-refractivity contribution in [1.29, 1.82) is 0 Å². The highest BCUT2D eigenvalue weighted by Gasteiger charge is 2.27. The number of aryl methyl sites for hydroxylation is 1. The van der Waals surface area contributed by atoms with E-state index in [9.17, 15) is 9.50 Å². The zero-order chi connectivity index (χ0) is 18.5. The molecule has 2 heterocycles. The van der Waals surface area contributed by atoms with Crippen LogP contribution in [0.2, 0.25) is 0 Å². The fourth-order valence-electron chi connectivity index (χ4n) is 3.26. The Morgan fingerprint density at radius 3 is 2.78 bits per heavy atom. The van der Waals surface area contributed by atoms with Crippen LogP contribution in [-0.4, -0.2) is 51.9 Å². The third kappa shape index (κ3) is 5.65. The molecule has 1 fully saturated rings. The molecule has 1 aromatic carbocycles. The van der Waals surface area contributed by atoms with E-state index in [0.29, 0.717) is 11.5 Å². The van der Waals surface area contributed by atoms with Crippen molar-refractivity contribution >= 4 is 29.9 Å². The molecule has 0 aliphatic carbocycles. The second-order valence-corrected chi connectivity index (χ2v) is 6.64. The lowest BCUT2D eigenvalue weighted by molar-refractivity contribution is 0.186. The molecule has 1 saturated heterocycles. The molecule has 1 aromatic heterocycles. The van der Waals surface area contributed by atoms with Crippen LogP contribution in [0.4, 0.5) is 4.39 Å². The molecule has 2 N–H and O–H groups in total. The number of aliphatic hydroxyl groups is 1. The van der Waals surface area contributed by atoms with E-state index in [1.54, 1.807) is 12.1 Å². The van der Waals surface area contributed by atoms with Gasteiger partial charge in [0.2, 0.25) is 0 Å². The number of hydrogen-bond donors (Lipinski definition) is 2. The summed E-state index contributed by atoms with van der Waals surface area (Å²) >= 11 is 0. The van der Waals surface area contributed by atoms with Gasteiger partial charge in [-0.1, -0.05) is 12.1 Å². The van der Waals surface area contributed by atoms with Crippen LogP contribution in [0.15, 0.2) is 41.7 Å². The van der Waals surface area contributed by atoms with Crippen molar-refractivity contribution in [3.63, 3.8) is 0 Å². The lowest BCUT2D eigenvalue weighted by Gasteiger charge is -2.22. The largest absolute Gasteiger partial charge is 0.386 e. The zero-order valence-corrected chi connectivity index (χ0v) is 18.0. The fraction of sp³-hybridized carbons (Fsp3) is 0.474. The van der Waals surface area contributed by atoms with Gasteiger partial charge in [0.1, 0.15) is 5.82 Å². The summed E-state index contributed by atoms with van der Waals surface area (Å²) in [6.45, 7) is 4.82. The summed E-state index contributed by atoms with van der Waals surface area (Å²) in [6, 6.07) is 5.90. The van der Waals surface area contributed by atoms with E-state index >= 15 is 0 Å². The van der Waals surface area contributed by atoms with Gasteiger partial charge in [-0.15, -0.1) is 24.0 Å². The van der Waals surface area contributed by atoms with Crippen molar-refractivity contribution in [1.82, 2.24) is 20.0 Å². The van der Waals surface area contributed by atoms with Gasteiger partial charge in [0.25, 0.3) is 0 Å². The van der Waals surface area contributed by atoms with Crippen molar-refractivity contribution in [2.24, 2.45) is 12.0 Å². The van der Waals surface area contributed by atoms with Crippen molar-refractivity contribution in [3.05, 3.63) is 53.6 Å². The van der Waals surface area contributed by atoms with E-state index in [2.05, 4.69) is 26.5 Å². The second kappa shape index (κ2) is 10.0. The van der Waals surface area contributed by atoms with Crippen LogP contribution < -0.4 is 5.32 Å². The number of rotatable bonds is 5. The molecule has 1 aliphatic rings. The van der Waals surface area contributed by atoms with Gasteiger partial charge in [0, 0.05) is 38.8 Å². The van der Waals surface area contributed by atoms with Gasteiger partial charge in [0.15, 0.2) is 5.96 Å². The maximum Gasteiger partial charge on any atom is 0.194 e. The van der Waals surface area contributed by atoms with E-state index in [0.717, 1.165) is 32.0 Å². The molecule has 3 rings (SSSR count). The van der Waals surface area contributed by atoms with Gasteiger partial charge < -0.3 is 15.3 Å². The molecule has 1 aliphatic heterocycles. The topological polar surface area (TPSA) is 65.7 Å². The first kappa shape index (κ1) is 21.6. The minimum atomic E-state index is -0.749. The highest BCUT2D eigenvalue weighted by molar-refractivity contribution is 14.0. The van der Waals surface area contributed by atoms with Crippen LogP contribution >= 0.6 is 24.0 Å². The minimum Gasteiger partial charge on any atom is -0.386 e. The molecule has 2 unspecified atom stereocenters. The number of guanidine groups is 1. The number of aromatic nitrogens is 2. The summed E-state index contributed by atoms with van der Waals surface area (Å²) in [5.74, 6) is 0.936. The fourth-order valence-corrected chi connectivity index (χ4v) is 3.26. The van der Waals surface area contributed by atoms with E-state index in [1.807, 2.05) is 24.9 Å². The smallest absolute Gasteiger partial charge is 0.194 e. The molecular formula is C19H27FIN5O. The molecule has 2 atom stereocenters. The first-order valence-electron chi connectivity index (χ1n) is 9.02. The first-order chi connectivity index (χ1) is 12.6. The predicted molar refractivity (Wildman–Crippen MR) is 115 cm³/mol. The summed E-state index contributed by atoms with van der Waals surface area (Å²) < 4.78 is 14.8. The van der Waals surface area contributed by atoms with E-state index in [1.165, 1.54) is 17.7 Å². The van der Waals surface area contributed by atoms with Gasteiger partial charge in [0.05, 0.1) is 18.8 Å². The number of benzene rings is 1. The molecule has 27 heavy (non-hydrogen) atoms. The predicted octanol–water partition coefficient (Wildman–Crippen LogP) is 2.67. The van der Waals surface area contributed by atoms with Crippen LogP contribution in [-0.2, 0) is 7.05 Å². The van der Waals surface area contributed by atoms with Crippen molar-refractivity contribution in [2.45, 2.75) is 25.4 Å². The van der Waals surface area contributed by atoms with E-state index in [-0.39, 0.29) is 36.3 Å². The van der Waals surface area contributed by atoms with Gasteiger partial charge in [-0.05, 0) is 36.6 Å². The molecule has 0 saturated carbocycles. The zero-order valence-electron chi connectivity index (χ0n) is 15.7. The first-order valence-corrected chi connectivity index (χ1v) is 9.02. The summed E-state index contributed by atoms with van der Waals surface area (Å²) in [5.41, 5.74) is 1.91. The Morgan fingerprint density at radius 1 is 1.41 bits per heavy atom. The molecular weight excluding hydrogens is 460 g/mol. The Bertz CT molecular complexity index is 749. The van der Waals surface area contributed by atoms with Gasteiger partial charge in [-0.2, -0.15) is 5.10 Å². The number of aliphatic hydroxyl groups excluding tert-OH is 1. The quantitative estimate of drug-likeness (QED) is 0.387. The van der Waals surface area contributed by atoms with Gasteiger partial charge in [-0.25, -0.2) is 4.39 Å². The van der Waals surface area contributed by atoms with Crippen molar-refractivity contribution < 1.29 is 9.50 Å². The van der Waals surface area contributed by atoms with Gasteiger partial charge in [-0.3, -0.25) is 9.67 Å². The van der Waals surface area contributed by atoms with Crippen molar-refractivity contribution in [2.75, 3.05) is 26.2 Å². The average molecular weight is 487 g/mol. The maximum atomic E-state index is 13.0. The van der Waals surface area contributed by atoms with Crippen LogP contribution in [0.5, 0.6) is 0 Å². The Labute approximate surface area is 176 Å². The van der Waals surface area contributed by atoms with E-state index < -0.39 is 6.10 Å². The minimum absolute atomic E-state index is 0. The van der Waals surface area contributed by atoms with Crippen LogP contribution in [0.3, 0.4) is 0 Å². The molecule has 0 radical (unpaired) electrons. The molecule has 2 aromatic rings. The summed E-state index contributed by atoms with van der Waals surface area (Å²) in [6.07, 6.45) is 4.30. The number of aliphatic imine (C=N–C) groups is 1. The lowest BCUT2D eigenvalue weighted by Crippen LogP contribution is -2.40. The molecule has 8 heteroatoms. The lowest BCUT2D eigenvalue weighted by atomic mass is 10.0. The van der Waals surface area contributed by atoms with Gasteiger partial charge >= 0.3 is 0 Å². The normalized spacial score (nSPS) is 18.3.